The Balaban J connectivity index is 1.53. The van der Waals surface area contributed by atoms with Crippen LogP contribution in [0.2, 0.25) is 5.02 Å². The summed E-state index contributed by atoms with van der Waals surface area (Å²) in [6.45, 7) is 3.55. The number of carbonyl (C=O) groups excluding carboxylic acids is 1. The fourth-order valence-corrected chi connectivity index (χ4v) is 3.15. The highest BCUT2D eigenvalue weighted by Gasteiger charge is 2.31. The van der Waals surface area contributed by atoms with E-state index in [9.17, 15) is 18.0 Å². The Morgan fingerprint density at radius 1 is 1.11 bits per heavy atom. The average molecular weight is 413 g/mol. The van der Waals surface area contributed by atoms with E-state index in [4.69, 9.17) is 16.3 Å². The van der Waals surface area contributed by atoms with Crippen molar-refractivity contribution >= 4 is 23.2 Å². The quantitative estimate of drug-likeness (QED) is 0.746. The van der Waals surface area contributed by atoms with Gasteiger partial charge in [0, 0.05) is 36.9 Å². The third-order valence-corrected chi connectivity index (χ3v) is 5.09. The van der Waals surface area contributed by atoms with Crippen LogP contribution in [0.25, 0.3) is 0 Å². The van der Waals surface area contributed by atoms with Gasteiger partial charge in [-0.25, -0.2) is 0 Å². The van der Waals surface area contributed by atoms with E-state index in [1.54, 1.807) is 29.2 Å². The topological polar surface area (TPSA) is 32.8 Å². The molecule has 3 rings (SSSR count). The zero-order valence-corrected chi connectivity index (χ0v) is 16.1. The van der Waals surface area contributed by atoms with E-state index >= 15 is 0 Å². The van der Waals surface area contributed by atoms with Crippen molar-refractivity contribution in [1.82, 2.24) is 4.90 Å². The number of amides is 1. The number of ether oxygens (including phenoxy) is 1. The minimum atomic E-state index is -4.37. The van der Waals surface area contributed by atoms with Crippen LogP contribution >= 0.6 is 11.6 Å². The van der Waals surface area contributed by atoms with Gasteiger partial charge in [-0.3, -0.25) is 4.79 Å². The summed E-state index contributed by atoms with van der Waals surface area (Å²) in [5, 5.41) is 0.629. The summed E-state index contributed by atoms with van der Waals surface area (Å²) >= 11 is 5.97. The Bertz CT molecular complexity index is 850. The molecule has 0 bridgehead atoms. The standard InChI is InChI=1S/C20H20ClF3N2O2/c1-14-11-17(5-6-18(14)21)28-13-19(27)26-9-7-25(8-10-26)16-4-2-3-15(12-16)20(22,23)24/h2-6,11-12H,7-10,13H2,1H3. The molecule has 8 heteroatoms. The zero-order chi connectivity index (χ0) is 20.3. The number of piperazine rings is 1. The summed E-state index contributed by atoms with van der Waals surface area (Å²) in [5.74, 6) is 0.411. The van der Waals surface area contributed by atoms with Crippen LogP contribution in [-0.4, -0.2) is 43.6 Å². The summed E-state index contributed by atoms with van der Waals surface area (Å²) in [6, 6.07) is 10.4. The number of hydrogen-bond acceptors (Lipinski definition) is 3. The van der Waals surface area contributed by atoms with Gasteiger partial charge in [0.2, 0.25) is 0 Å². The van der Waals surface area contributed by atoms with Crippen LogP contribution in [0.15, 0.2) is 42.5 Å². The Morgan fingerprint density at radius 3 is 2.46 bits per heavy atom. The zero-order valence-electron chi connectivity index (χ0n) is 15.3. The molecule has 1 saturated heterocycles. The maximum absolute atomic E-state index is 12.9. The van der Waals surface area contributed by atoms with Crippen molar-refractivity contribution in [2.45, 2.75) is 13.1 Å². The number of benzene rings is 2. The highest BCUT2D eigenvalue weighted by Crippen LogP contribution is 2.32. The maximum Gasteiger partial charge on any atom is 0.416 e. The average Bonchev–Trinajstić information content (AvgIpc) is 2.68. The fourth-order valence-electron chi connectivity index (χ4n) is 3.04. The molecule has 0 unspecified atom stereocenters. The van der Waals surface area contributed by atoms with Gasteiger partial charge >= 0.3 is 6.18 Å². The Hall–Kier alpha value is -2.41. The molecule has 1 aliphatic rings. The second-order valence-corrected chi connectivity index (χ2v) is 7.02. The fraction of sp³-hybridized carbons (Fsp3) is 0.350. The van der Waals surface area contributed by atoms with Gasteiger partial charge in [0.25, 0.3) is 5.91 Å². The van der Waals surface area contributed by atoms with Crippen molar-refractivity contribution in [2.24, 2.45) is 0 Å². The Morgan fingerprint density at radius 2 is 1.82 bits per heavy atom. The first kappa shape index (κ1) is 20.3. The lowest BCUT2D eigenvalue weighted by Gasteiger charge is -2.36. The largest absolute Gasteiger partial charge is 0.484 e. The monoisotopic (exact) mass is 412 g/mol. The van der Waals surface area contributed by atoms with Crippen LogP contribution in [-0.2, 0) is 11.0 Å². The second kappa shape index (κ2) is 8.31. The molecule has 0 aliphatic carbocycles. The van der Waals surface area contributed by atoms with E-state index in [1.165, 1.54) is 6.07 Å². The van der Waals surface area contributed by atoms with Crippen LogP contribution < -0.4 is 9.64 Å². The van der Waals surface area contributed by atoms with Crippen LogP contribution in [0.3, 0.4) is 0 Å². The van der Waals surface area contributed by atoms with Gasteiger partial charge in [0.1, 0.15) is 5.75 Å². The van der Waals surface area contributed by atoms with Crippen molar-refractivity contribution in [3.63, 3.8) is 0 Å². The molecule has 0 atom stereocenters. The number of aryl methyl sites for hydroxylation is 1. The summed E-state index contributed by atoms with van der Waals surface area (Å²) < 4.78 is 44.2. The van der Waals surface area contributed by atoms with Crippen LogP contribution in [0, 0.1) is 6.92 Å². The molecule has 0 N–H and O–H groups in total. The van der Waals surface area contributed by atoms with E-state index in [1.807, 2.05) is 11.8 Å². The van der Waals surface area contributed by atoms with Gasteiger partial charge in [-0.2, -0.15) is 13.2 Å². The van der Waals surface area contributed by atoms with Gasteiger partial charge in [-0.1, -0.05) is 17.7 Å². The van der Waals surface area contributed by atoms with E-state index in [0.717, 1.165) is 17.7 Å². The van der Waals surface area contributed by atoms with Crippen molar-refractivity contribution in [1.29, 1.82) is 0 Å². The molecular formula is C20H20ClF3N2O2. The molecule has 150 valence electrons. The van der Waals surface area contributed by atoms with Crippen molar-refractivity contribution in [2.75, 3.05) is 37.7 Å². The van der Waals surface area contributed by atoms with Gasteiger partial charge < -0.3 is 14.5 Å². The van der Waals surface area contributed by atoms with Crippen molar-refractivity contribution in [3.8, 4) is 5.75 Å². The molecule has 1 fully saturated rings. The highest BCUT2D eigenvalue weighted by atomic mass is 35.5. The lowest BCUT2D eigenvalue weighted by atomic mass is 10.1. The summed E-state index contributed by atoms with van der Waals surface area (Å²) in [6.07, 6.45) is -4.37. The number of nitrogens with zero attached hydrogens (tertiary/aromatic N) is 2. The maximum atomic E-state index is 12.9. The minimum absolute atomic E-state index is 0.0926. The molecule has 1 heterocycles. The van der Waals surface area contributed by atoms with Gasteiger partial charge in [-0.15, -0.1) is 0 Å². The molecular weight excluding hydrogens is 393 g/mol. The lowest BCUT2D eigenvalue weighted by molar-refractivity contribution is -0.137. The van der Waals surface area contributed by atoms with Gasteiger partial charge in [0.15, 0.2) is 6.61 Å². The van der Waals surface area contributed by atoms with Crippen molar-refractivity contribution in [3.05, 3.63) is 58.6 Å². The second-order valence-electron chi connectivity index (χ2n) is 6.62. The summed E-state index contributed by atoms with van der Waals surface area (Å²) in [7, 11) is 0. The predicted octanol–water partition coefficient (Wildman–Crippen LogP) is 4.39. The molecule has 0 radical (unpaired) electrons. The first-order chi connectivity index (χ1) is 13.2. The molecule has 1 amide bonds. The van der Waals surface area contributed by atoms with Crippen LogP contribution in [0.4, 0.5) is 18.9 Å². The van der Waals surface area contributed by atoms with E-state index in [2.05, 4.69) is 0 Å². The number of rotatable bonds is 4. The molecule has 1 aliphatic heterocycles. The number of alkyl halides is 3. The number of halogens is 4. The Kier molecular flexibility index (Phi) is 6.03. The normalized spacial score (nSPS) is 14.9. The SMILES string of the molecule is Cc1cc(OCC(=O)N2CCN(c3cccc(C(F)(F)F)c3)CC2)ccc1Cl. The number of anilines is 1. The molecule has 0 aromatic heterocycles. The van der Waals surface area contributed by atoms with Crippen molar-refractivity contribution < 1.29 is 22.7 Å². The first-order valence-corrected chi connectivity index (χ1v) is 9.21. The van der Waals surface area contributed by atoms with Gasteiger partial charge in [-0.05, 0) is 48.9 Å². The van der Waals surface area contributed by atoms with Gasteiger partial charge in [0.05, 0.1) is 5.56 Å². The first-order valence-electron chi connectivity index (χ1n) is 8.83. The van der Waals surface area contributed by atoms with Crippen LogP contribution in [0.1, 0.15) is 11.1 Å². The number of hydrogen-bond donors (Lipinski definition) is 0. The smallest absolute Gasteiger partial charge is 0.416 e. The third-order valence-electron chi connectivity index (χ3n) is 4.66. The summed E-state index contributed by atoms with van der Waals surface area (Å²) in [4.78, 5) is 15.9. The van der Waals surface area contributed by atoms with E-state index in [0.29, 0.717) is 42.6 Å². The highest BCUT2D eigenvalue weighted by molar-refractivity contribution is 6.31. The predicted molar refractivity (Wildman–Crippen MR) is 102 cm³/mol. The third kappa shape index (κ3) is 4.90. The lowest BCUT2D eigenvalue weighted by Crippen LogP contribution is -2.50. The number of carbonyl (C=O) groups is 1. The molecule has 28 heavy (non-hydrogen) atoms. The summed E-state index contributed by atoms with van der Waals surface area (Å²) in [5.41, 5.74) is 0.700. The van der Waals surface area contributed by atoms with E-state index in [-0.39, 0.29) is 12.5 Å². The molecule has 4 nitrogen and oxygen atoms in total. The molecule has 2 aromatic carbocycles. The minimum Gasteiger partial charge on any atom is -0.484 e. The molecule has 0 saturated carbocycles. The van der Waals surface area contributed by atoms with E-state index < -0.39 is 11.7 Å². The molecule has 0 spiro atoms. The molecule has 2 aromatic rings. The van der Waals surface area contributed by atoms with Crippen LogP contribution in [0.5, 0.6) is 5.75 Å². The Labute approximate surface area is 166 Å².